The highest BCUT2D eigenvalue weighted by molar-refractivity contribution is 9.10. The lowest BCUT2D eigenvalue weighted by Gasteiger charge is -2.16. The Morgan fingerprint density at radius 1 is 1.12 bits per heavy atom. The minimum Gasteiger partial charge on any atom is -0.491 e. The van der Waals surface area contributed by atoms with E-state index in [4.69, 9.17) is 4.74 Å². The van der Waals surface area contributed by atoms with Crippen LogP contribution in [0.15, 0.2) is 53.0 Å². The minimum absolute atomic E-state index is 0.133. The Kier molecular flexibility index (Phi) is 5.01. The number of halogens is 4. The quantitative estimate of drug-likeness (QED) is 0.678. The van der Waals surface area contributed by atoms with E-state index in [1.54, 1.807) is 42.5 Å². The van der Waals surface area contributed by atoms with E-state index in [1.807, 2.05) is 0 Å². The molecule has 3 rings (SSSR count). The van der Waals surface area contributed by atoms with Gasteiger partial charge in [0.1, 0.15) is 18.5 Å². The van der Waals surface area contributed by atoms with Crippen LogP contribution in [0.2, 0.25) is 0 Å². The summed E-state index contributed by atoms with van der Waals surface area (Å²) >= 11 is 3.29. The first kappa shape index (κ1) is 17.8. The number of hydrogen-bond donors (Lipinski definition) is 1. The van der Waals surface area contributed by atoms with Crippen LogP contribution in [0.4, 0.5) is 13.2 Å². The van der Waals surface area contributed by atoms with Crippen LogP contribution in [-0.2, 0) is 12.7 Å². The van der Waals surface area contributed by atoms with Crippen molar-refractivity contribution in [2.24, 2.45) is 0 Å². The highest BCUT2D eigenvalue weighted by Gasteiger charge is 2.37. The van der Waals surface area contributed by atoms with Gasteiger partial charge < -0.3 is 14.4 Å². The van der Waals surface area contributed by atoms with Gasteiger partial charge in [0.15, 0.2) is 0 Å². The highest BCUT2D eigenvalue weighted by Crippen LogP contribution is 2.31. The Hall–Kier alpha value is -2.06. The largest absolute Gasteiger partial charge is 0.491 e. The summed E-state index contributed by atoms with van der Waals surface area (Å²) in [5.41, 5.74) is 0.549. The molecular weight excluding hydrogens is 401 g/mol. The molecule has 1 unspecified atom stereocenters. The molecule has 0 spiro atoms. The Labute approximate surface area is 150 Å². The molecule has 0 radical (unpaired) electrons. The zero-order valence-corrected chi connectivity index (χ0v) is 14.5. The zero-order valence-electron chi connectivity index (χ0n) is 12.9. The normalized spacial score (nSPS) is 13.2. The van der Waals surface area contributed by atoms with E-state index < -0.39 is 18.1 Å². The second kappa shape index (κ2) is 7.05. The molecule has 132 valence electrons. The van der Waals surface area contributed by atoms with Crippen LogP contribution in [0, 0.1) is 0 Å². The fourth-order valence-electron chi connectivity index (χ4n) is 2.46. The summed E-state index contributed by atoms with van der Waals surface area (Å²) in [7, 11) is 0. The van der Waals surface area contributed by atoms with Gasteiger partial charge in [0.05, 0.1) is 17.6 Å². The molecule has 0 amide bonds. The van der Waals surface area contributed by atoms with E-state index in [9.17, 15) is 18.3 Å². The molecule has 0 aliphatic heterocycles. The van der Waals surface area contributed by atoms with Gasteiger partial charge in [0.2, 0.25) is 5.82 Å². The number of fused-ring (bicyclic) bond motifs is 1. The van der Waals surface area contributed by atoms with E-state index in [0.717, 1.165) is 9.04 Å². The van der Waals surface area contributed by atoms with Crippen LogP contribution < -0.4 is 4.74 Å². The Bertz CT molecular complexity index is 862. The second-order valence-corrected chi connectivity index (χ2v) is 6.37. The van der Waals surface area contributed by atoms with Gasteiger partial charge in [0, 0.05) is 4.47 Å². The molecule has 0 fully saturated rings. The van der Waals surface area contributed by atoms with Crippen molar-refractivity contribution < 1.29 is 23.0 Å². The molecule has 1 atom stereocenters. The molecule has 4 nitrogen and oxygen atoms in total. The van der Waals surface area contributed by atoms with Crippen molar-refractivity contribution in [3.63, 3.8) is 0 Å². The second-order valence-electron chi connectivity index (χ2n) is 5.45. The molecule has 0 saturated heterocycles. The number of imidazole rings is 1. The van der Waals surface area contributed by atoms with Crippen molar-refractivity contribution in [2.45, 2.75) is 18.8 Å². The number of aromatic nitrogens is 2. The number of aliphatic hydroxyl groups is 1. The summed E-state index contributed by atoms with van der Waals surface area (Å²) in [6, 6.07) is 13.2. The van der Waals surface area contributed by atoms with Crippen molar-refractivity contribution in [3.8, 4) is 5.75 Å². The van der Waals surface area contributed by atoms with Gasteiger partial charge in [-0.1, -0.05) is 28.1 Å². The van der Waals surface area contributed by atoms with Crippen molar-refractivity contribution in [2.75, 3.05) is 6.61 Å². The predicted octanol–water partition coefficient (Wildman–Crippen LogP) is 4.26. The van der Waals surface area contributed by atoms with Crippen LogP contribution in [-0.4, -0.2) is 27.4 Å². The number of aliphatic hydroxyl groups excluding tert-OH is 1. The lowest BCUT2D eigenvalue weighted by Crippen LogP contribution is -2.26. The summed E-state index contributed by atoms with van der Waals surface area (Å²) in [6.07, 6.45) is -5.73. The topological polar surface area (TPSA) is 47.3 Å². The van der Waals surface area contributed by atoms with Gasteiger partial charge in [-0.3, -0.25) is 0 Å². The third kappa shape index (κ3) is 4.13. The zero-order chi connectivity index (χ0) is 18.0. The van der Waals surface area contributed by atoms with Gasteiger partial charge in [-0.05, 0) is 36.4 Å². The number of ether oxygens (including phenoxy) is 1. The number of benzene rings is 2. The fraction of sp³-hybridized carbons (Fsp3) is 0.235. The number of nitrogens with zero attached hydrogens (tertiary/aromatic N) is 2. The average Bonchev–Trinajstić information content (AvgIpc) is 2.93. The van der Waals surface area contributed by atoms with Crippen molar-refractivity contribution >= 4 is 27.0 Å². The number of rotatable bonds is 5. The molecule has 1 N–H and O–H groups in total. The molecule has 2 aromatic carbocycles. The van der Waals surface area contributed by atoms with Crippen molar-refractivity contribution in [3.05, 3.63) is 58.8 Å². The molecule has 0 saturated carbocycles. The highest BCUT2D eigenvalue weighted by atomic mass is 79.9. The summed E-state index contributed by atoms with van der Waals surface area (Å²) in [6.45, 7) is -0.405. The maximum atomic E-state index is 13.2. The third-order valence-electron chi connectivity index (χ3n) is 3.56. The smallest absolute Gasteiger partial charge is 0.449 e. The molecule has 25 heavy (non-hydrogen) atoms. The van der Waals surface area contributed by atoms with Crippen molar-refractivity contribution in [1.82, 2.24) is 9.55 Å². The number of para-hydroxylation sites is 2. The first-order chi connectivity index (χ1) is 11.8. The summed E-state index contributed by atoms with van der Waals surface area (Å²) in [5, 5.41) is 10.1. The number of alkyl halides is 3. The minimum atomic E-state index is -4.61. The van der Waals surface area contributed by atoms with Crippen molar-refractivity contribution in [1.29, 1.82) is 0 Å². The standard InChI is InChI=1S/C17H14BrF3N2O2/c18-11-5-7-13(8-6-11)25-10-12(24)9-23-15-4-2-1-3-14(15)22-16(23)17(19,20)21/h1-8,12,24H,9-10H2. The van der Waals surface area contributed by atoms with Gasteiger partial charge in [-0.25, -0.2) is 4.98 Å². The van der Waals surface area contributed by atoms with E-state index >= 15 is 0 Å². The fourth-order valence-corrected chi connectivity index (χ4v) is 2.73. The molecule has 0 aliphatic carbocycles. The lowest BCUT2D eigenvalue weighted by molar-refractivity contribution is -0.147. The van der Waals surface area contributed by atoms with Crippen LogP contribution in [0.25, 0.3) is 11.0 Å². The summed E-state index contributed by atoms with van der Waals surface area (Å²) in [5.74, 6) is -0.509. The molecule has 8 heteroatoms. The van der Waals surface area contributed by atoms with Gasteiger partial charge in [0.25, 0.3) is 0 Å². The average molecular weight is 415 g/mol. The Morgan fingerprint density at radius 3 is 2.48 bits per heavy atom. The first-order valence-corrected chi connectivity index (χ1v) is 8.23. The number of hydrogen-bond acceptors (Lipinski definition) is 3. The first-order valence-electron chi connectivity index (χ1n) is 7.43. The Morgan fingerprint density at radius 2 is 1.80 bits per heavy atom. The molecule has 0 aliphatic rings. The lowest BCUT2D eigenvalue weighted by atomic mass is 10.3. The van der Waals surface area contributed by atoms with Gasteiger partial charge in [-0.2, -0.15) is 13.2 Å². The maximum Gasteiger partial charge on any atom is 0.449 e. The molecule has 1 aromatic heterocycles. The van der Waals surface area contributed by atoms with Crippen LogP contribution in [0.3, 0.4) is 0 Å². The van der Waals surface area contributed by atoms with Crippen LogP contribution in [0.5, 0.6) is 5.75 Å². The Balaban J connectivity index is 1.78. The van der Waals surface area contributed by atoms with E-state index in [0.29, 0.717) is 11.3 Å². The predicted molar refractivity (Wildman–Crippen MR) is 90.4 cm³/mol. The maximum absolute atomic E-state index is 13.2. The van der Waals surface area contributed by atoms with E-state index in [1.165, 1.54) is 6.07 Å². The SMILES string of the molecule is OC(COc1ccc(Br)cc1)Cn1c(C(F)(F)F)nc2ccccc21. The molecular formula is C17H14BrF3N2O2. The molecule has 3 aromatic rings. The molecule has 1 heterocycles. The van der Waals surface area contributed by atoms with Gasteiger partial charge in [-0.15, -0.1) is 0 Å². The summed E-state index contributed by atoms with van der Waals surface area (Å²) < 4.78 is 47.0. The summed E-state index contributed by atoms with van der Waals surface area (Å²) in [4.78, 5) is 3.65. The van der Waals surface area contributed by atoms with Crippen LogP contribution in [0.1, 0.15) is 5.82 Å². The third-order valence-corrected chi connectivity index (χ3v) is 4.09. The monoisotopic (exact) mass is 414 g/mol. The van der Waals surface area contributed by atoms with E-state index in [-0.39, 0.29) is 18.7 Å². The molecule has 0 bridgehead atoms. The van der Waals surface area contributed by atoms with E-state index in [2.05, 4.69) is 20.9 Å². The van der Waals surface area contributed by atoms with Gasteiger partial charge >= 0.3 is 6.18 Å². The van der Waals surface area contributed by atoms with Crippen LogP contribution >= 0.6 is 15.9 Å².